The Kier molecular flexibility index (Phi) is 5.34. The summed E-state index contributed by atoms with van der Waals surface area (Å²) >= 11 is 0. The van der Waals surface area contributed by atoms with Gasteiger partial charge in [-0.1, -0.05) is 29.8 Å². The van der Waals surface area contributed by atoms with Crippen LogP contribution in [0.1, 0.15) is 36.8 Å². The number of hydrogen-bond donors (Lipinski definition) is 1. The van der Waals surface area contributed by atoms with E-state index in [0.717, 1.165) is 18.4 Å². The normalized spacial score (nSPS) is 19.6. The van der Waals surface area contributed by atoms with Crippen LogP contribution < -0.4 is 5.32 Å². The van der Waals surface area contributed by atoms with E-state index in [4.69, 9.17) is 0 Å². The van der Waals surface area contributed by atoms with E-state index in [-0.39, 0.29) is 12.1 Å². The van der Waals surface area contributed by atoms with Crippen molar-refractivity contribution in [2.75, 3.05) is 19.3 Å². The number of sulfonamides is 1. The molecule has 0 spiro atoms. The Morgan fingerprint density at radius 1 is 1.24 bits per heavy atom. The topological polar surface area (TPSA) is 69.7 Å². The van der Waals surface area contributed by atoms with Crippen molar-refractivity contribution in [2.24, 2.45) is 0 Å². The Morgan fingerprint density at radius 3 is 2.48 bits per heavy atom. The number of amides is 2. The van der Waals surface area contributed by atoms with E-state index in [2.05, 4.69) is 30.4 Å². The molecule has 0 unspecified atom stereocenters. The standard InChI is InChI=1S/C18H27N3O3S/c1-14-4-3-5-15(12-14)13-21(17-6-7-17)18(22)19-16-8-10-20(11-9-16)25(2,23)24/h3-5,12,16-17H,6-11,13H2,1-2H3,(H,19,22). The quantitative estimate of drug-likeness (QED) is 0.869. The third kappa shape index (κ3) is 4.95. The molecular weight excluding hydrogens is 338 g/mol. The van der Waals surface area contributed by atoms with Gasteiger partial charge in [0.2, 0.25) is 10.0 Å². The van der Waals surface area contributed by atoms with Crippen LogP contribution in [-0.2, 0) is 16.6 Å². The molecule has 1 aliphatic heterocycles. The molecule has 1 aromatic carbocycles. The molecule has 0 atom stereocenters. The highest BCUT2D eigenvalue weighted by Crippen LogP contribution is 2.29. The molecule has 2 aliphatic rings. The first-order valence-corrected chi connectivity index (χ1v) is 10.8. The molecule has 2 amide bonds. The summed E-state index contributed by atoms with van der Waals surface area (Å²) in [5, 5.41) is 3.11. The van der Waals surface area contributed by atoms with Crippen molar-refractivity contribution in [3.05, 3.63) is 35.4 Å². The fourth-order valence-electron chi connectivity index (χ4n) is 3.35. The number of rotatable bonds is 5. The highest BCUT2D eigenvalue weighted by molar-refractivity contribution is 7.88. The first-order valence-electron chi connectivity index (χ1n) is 8.91. The lowest BCUT2D eigenvalue weighted by molar-refractivity contribution is 0.181. The first-order chi connectivity index (χ1) is 11.8. The number of aryl methyl sites for hydroxylation is 1. The molecule has 0 aromatic heterocycles. The van der Waals surface area contributed by atoms with E-state index >= 15 is 0 Å². The monoisotopic (exact) mass is 365 g/mol. The average Bonchev–Trinajstić information content (AvgIpc) is 3.37. The summed E-state index contributed by atoms with van der Waals surface area (Å²) < 4.78 is 24.7. The number of hydrogen-bond acceptors (Lipinski definition) is 3. The molecule has 1 N–H and O–H groups in total. The minimum atomic E-state index is -3.13. The van der Waals surface area contributed by atoms with Gasteiger partial charge in [0.05, 0.1) is 6.26 Å². The SMILES string of the molecule is Cc1cccc(CN(C(=O)NC2CCN(S(C)(=O)=O)CC2)C2CC2)c1. The van der Waals surface area contributed by atoms with Crippen LogP contribution in [0.15, 0.2) is 24.3 Å². The number of nitrogens with one attached hydrogen (secondary N) is 1. The Morgan fingerprint density at radius 2 is 1.92 bits per heavy atom. The maximum absolute atomic E-state index is 12.7. The third-order valence-electron chi connectivity index (χ3n) is 4.93. The zero-order chi connectivity index (χ0) is 18.0. The molecule has 2 fully saturated rings. The van der Waals surface area contributed by atoms with Crippen molar-refractivity contribution in [1.82, 2.24) is 14.5 Å². The molecule has 1 saturated carbocycles. The van der Waals surface area contributed by atoms with Gasteiger partial charge in [-0.25, -0.2) is 17.5 Å². The molecule has 0 bridgehead atoms. The average molecular weight is 365 g/mol. The largest absolute Gasteiger partial charge is 0.335 e. The number of nitrogens with zero attached hydrogens (tertiary/aromatic N) is 2. The summed E-state index contributed by atoms with van der Waals surface area (Å²) in [5.74, 6) is 0. The smallest absolute Gasteiger partial charge is 0.318 e. The number of carbonyl (C=O) groups excluding carboxylic acids is 1. The van der Waals surface area contributed by atoms with Gasteiger partial charge in [-0.15, -0.1) is 0 Å². The van der Waals surface area contributed by atoms with Crippen LogP contribution in [0.5, 0.6) is 0 Å². The van der Waals surface area contributed by atoms with Gasteiger partial charge in [0.15, 0.2) is 0 Å². The summed E-state index contributed by atoms with van der Waals surface area (Å²) in [5.41, 5.74) is 2.34. The lowest BCUT2D eigenvalue weighted by Gasteiger charge is -2.32. The van der Waals surface area contributed by atoms with Gasteiger partial charge in [-0.2, -0.15) is 0 Å². The van der Waals surface area contributed by atoms with E-state index in [9.17, 15) is 13.2 Å². The van der Waals surface area contributed by atoms with Crippen molar-refractivity contribution in [2.45, 2.75) is 51.2 Å². The Bertz CT molecular complexity index is 723. The second-order valence-corrected chi connectivity index (χ2v) is 9.22. The van der Waals surface area contributed by atoms with Crippen LogP contribution in [-0.4, -0.2) is 55.1 Å². The minimum Gasteiger partial charge on any atom is -0.335 e. The van der Waals surface area contributed by atoms with Gasteiger partial charge in [0.1, 0.15) is 0 Å². The number of urea groups is 1. The maximum atomic E-state index is 12.7. The molecule has 25 heavy (non-hydrogen) atoms. The minimum absolute atomic E-state index is 0.0261. The first kappa shape index (κ1) is 18.2. The summed E-state index contributed by atoms with van der Waals surface area (Å²) in [4.78, 5) is 14.7. The van der Waals surface area contributed by atoms with Gasteiger partial charge >= 0.3 is 6.03 Å². The van der Waals surface area contributed by atoms with Crippen molar-refractivity contribution in [1.29, 1.82) is 0 Å². The number of piperidine rings is 1. The highest BCUT2D eigenvalue weighted by atomic mass is 32.2. The zero-order valence-electron chi connectivity index (χ0n) is 14.9. The Labute approximate surface area is 150 Å². The van der Waals surface area contributed by atoms with Crippen LogP contribution in [0.2, 0.25) is 0 Å². The maximum Gasteiger partial charge on any atom is 0.318 e. The Balaban J connectivity index is 1.57. The summed E-state index contributed by atoms with van der Waals surface area (Å²) in [6.07, 6.45) is 4.70. The number of carbonyl (C=O) groups is 1. The molecule has 0 radical (unpaired) electrons. The molecule has 7 heteroatoms. The van der Waals surface area contributed by atoms with Crippen LogP contribution in [0.25, 0.3) is 0 Å². The molecule has 1 heterocycles. The van der Waals surface area contributed by atoms with Gasteiger partial charge in [0.25, 0.3) is 0 Å². The molecule has 1 aliphatic carbocycles. The molecule has 138 valence electrons. The van der Waals surface area contributed by atoms with E-state index in [1.54, 1.807) is 0 Å². The molecule has 6 nitrogen and oxygen atoms in total. The van der Waals surface area contributed by atoms with Crippen LogP contribution in [0.4, 0.5) is 4.79 Å². The molecular formula is C18H27N3O3S. The van der Waals surface area contributed by atoms with Crippen LogP contribution in [0.3, 0.4) is 0 Å². The van der Waals surface area contributed by atoms with E-state index in [0.29, 0.717) is 38.5 Å². The predicted molar refractivity (Wildman–Crippen MR) is 97.7 cm³/mol. The number of benzene rings is 1. The van der Waals surface area contributed by atoms with Crippen molar-refractivity contribution in [3.8, 4) is 0 Å². The summed E-state index contributed by atoms with van der Waals surface area (Å²) in [6.45, 7) is 3.64. The van der Waals surface area contributed by atoms with Gasteiger partial charge in [-0.3, -0.25) is 0 Å². The zero-order valence-corrected chi connectivity index (χ0v) is 15.8. The van der Waals surface area contributed by atoms with Gasteiger partial charge < -0.3 is 10.2 Å². The summed E-state index contributed by atoms with van der Waals surface area (Å²) in [7, 11) is -3.13. The van der Waals surface area contributed by atoms with E-state index < -0.39 is 10.0 Å². The summed E-state index contributed by atoms with van der Waals surface area (Å²) in [6, 6.07) is 8.60. The molecule has 1 aromatic rings. The Hall–Kier alpha value is -1.60. The van der Waals surface area contributed by atoms with Crippen LogP contribution >= 0.6 is 0 Å². The predicted octanol–water partition coefficient (Wildman–Crippen LogP) is 2.09. The van der Waals surface area contributed by atoms with Crippen molar-refractivity contribution < 1.29 is 13.2 Å². The second kappa shape index (κ2) is 7.33. The fourth-order valence-corrected chi connectivity index (χ4v) is 4.22. The van der Waals surface area contributed by atoms with Crippen molar-refractivity contribution >= 4 is 16.1 Å². The van der Waals surface area contributed by atoms with Gasteiger partial charge in [0, 0.05) is 31.7 Å². The highest BCUT2D eigenvalue weighted by Gasteiger charge is 2.34. The second-order valence-electron chi connectivity index (χ2n) is 7.23. The van der Waals surface area contributed by atoms with E-state index in [1.807, 2.05) is 11.0 Å². The van der Waals surface area contributed by atoms with E-state index in [1.165, 1.54) is 16.1 Å². The lowest BCUT2D eigenvalue weighted by Crippen LogP contribution is -2.50. The molecule has 1 saturated heterocycles. The van der Waals surface area contributed by atoms with Crippen LogP contribution in [0, 0.1) is 6.92 Å². The third-order valence-corrected chi connectivity index (χ3v) is 6.24. The van der Waals surface area contributed by atoms with Crippen molar-refractivity contribution in [3.63, 3.8) is 0 Å². The molecule has 3 rings (SSSR count). The van der Waals surface area contributed by atoms with Gasteiger partial charge in [-0.05, 0) is 38.2 Å². The lowest BCUT2D eigenvalue weighted by atomic mass is 10.1. The fraction of sp³-hybridized carbons (Fsp3) is 0.611.